The molecule has 29 heavy (non-hydrogen) atoms. The largest absolute Gasteiger partial charge is 0.451 e. The maximum absolute atomic E-state index is 12.7. The first-order valence-electron chi connectivity index (χ1n) is 9.14. The number of hydrogen-bond donors (Lipinski definition) is 2. The number of furan rings is 1. The van der Waals surface area contributed by atoms with Crippen LogP contribution in [0.3, 0.4) is 0 Å². The highest BCUT2D eigenvalue weighted by Gasteiger charge is 2.30. The third kappa shape index (κ3) is 3.56. The van der Waals surface area contributed by atoms with Gasteiger partial charge < -0.3 is 25.1 Å². The Morgan fingerprint density at radius 3 is 2.83 bits per heavy atom. The lowest BCUT2D eigenvalue weighted by atomic mass is 10.0. The van der Waals surface area contributed by atoms with Gasteiger partial charge in [0.25, 0.3) is 11.8 Å². The Balaban J connectivity index is 1.61. The summed E-state index contributed by atoms with van der Waals surface area (Å²) in [6.45, 7) is 2.76. The van der Waals surface area contributed by atoms with Gasteiger partial charge in [0, 0.05) is 16.8 Å². The van der Waals surface area contributed by atoms with Gasteiger partial charge in [-0.2, -0.15) is 0 Å². The molecular weight excluding hydrogens is 394 g/mol. The van der Waals surface area contributed by atoms with Crippen LogP contribution in [0.5, 0.6) is 0 Å². The predicted molar refractivity (Wildman–Crippen MR) is 108 cm³/mol. The van der Waals surface area contributed by atoms with Crippen molar-refractivity contribution in [3.05, 3.63) is 52.1 Å². The third-order valence-electron chi connectivity index (χ3n) is 4.71. The summed E-state index contributed by atoms with van der Waals surface area (Å²) in [5, 5.41) is 3.91. The highest BCUT2D eigenvalue weighted by atomic mass is 32.1. The maximum Gasteiger partial charge on any atom is 0.410 e. The SMILES string of the molecule is CCOC(=O)N1CCc2c(sc(NC(=O)c3cc4ccccc4o3)c2C(N)=O)C1. The lowest BCUT2D eigenvalue weighted by Crippen LogP contribution is -2.36. The van der Waals surface area contributed by atoms with Crippen LogP contribution in [-0.2, 0) is 17.7 Å². The number of nitrogens with one attached hydrogen (secondary N) is 1. The molecule has 4 rings (SSSR count). The second-order valence-electron chi connectivity index (χ2n) is 6.55. The van der Waals surface area contributed by atoms with Crippen LogP contribution in [0.1, 0.15) is 38.3 Å². The van der Waals surface area contributed by atoms with Crippen LogP contribution in [-0.4, -0.2) is 36.0 Å². The monoisotopic (exact) mass is 413 g/mol. The van der Waals surface area contributed by atoms with Gasteiger partial charge in [0.15, 0.2) is 5.76 Å². The van der Waals surface area contributed by atoms with Crippen LogP contribution in [0.2, 0.25) is 0 Å². The number of primary amides is 1. The van der Waals surface area contributed by atoms with Gasteiger partial charge in [0.1, 0.15) is 10.6 Å². The molecule has 1 aliphatic rings. The fourth-order valence-electron chi connectivity index (χ4n) is 3.38. The molecule has 8 nitrogen and oxygen atoms in total. The average Bonchev–Trinajstić information content (AvgIpc) is 3.28. The predicted octanol–water partition coefficient (Wildman–Crippen LogP) is 3.36. The first-order valence-corrected chi connectivity index (χ1v) is 9.95. The molecule has 0 unspecified atom stereocenters. The molecule has 0 fully saturated rings. The van der Waals surface area contributed by atoms with E-state index in [4.69, 9.17) is 14.9 Å². The summed E-state index contributed by atoms with van der Waals surface area (Å²) in [6.07, 6.45) is 0.0590. The quantitative estimate of drug-likeness (QED) is 0.681. The fraction of sp³-hybridized carbons (Fsp3) is 0.250. The van der Waals surface area contributed by atoms with Gasteiger partial charge in [-0.05, 0) is 31.0 Å². The number of fused-ring (bicyclic) bond motifs is 2. The number of hydrogen-bond acceptors (Lipinski definition) is 6. The normalized spacial score (nSPS) is 13.2. The molecular formula is C20H19N3O5S. The van der Waals surface area contributed by atoms with Crippen molar-refractivity contribution in [2.24, 2.45) is 5.73 Å². The molecule has 3 heterocycles. The summed E-state index contributed by atoms with van der Waals surface area (Å²) in [7, 11) is 0. The molecule has 0 saturated heterocycles. The first kappa shape index (κ1) is 19.0. The van der Waals surface area contributed by atoms with E-state index in [1.54, 1.807) is 24.0 Å². The summed E-state index contributed by atoms with van der Waals surface area (Å²) in [5.74, 6) is -0.947. The fourth-order valence-corrected chi connectivity index (χ4v) is 4.64. The van der Waals surface area contributed by atoms with Crippen molar-refractivity contribution in [3.63, 3.8) is 0 Å². The number of carbonyl (C=O) groups excluding carboxylic acids is 3. The van der Waals surface area contributed by atoms with E-state index in [0.29, 0.717) is 30.1 Å². The van der Waals surface area contributed by atoms with Crippen molar-refractivity contribution in [1.29, 1.82) is 0 Å². The first-order chi connectivity index (χ1) is 14.0. The van der Waals surface area contributed by atoms with E-state index in [-0.39, 0.29) is 17.9 Å². The number of nitrogens with zero attached hydrogens (tertiary/aromatic N) is 1. The number of nitrogens with two attached hydrogens (primary N) is 1. The van der Waals surface area contributed by atoms with E-state index in [1.807, 2.05) is 18.2 Å². The van der Waals surface area contributed by atoms with Crippen LogP contribution in [0.4, 0.5) is 9.80 Å². The minimum Gasteiger partial charge on any atom is -0.451 e. The molecule has 1 aliphatic heterocycles. The third-order valence-corrected chi connectivity index (χ3v) is 5.84. The van der Waals surface area contributed by atoms with Crippen molar-refractivity contribution in [2.45, 2.75) is 19.9 Å². The van der Waals surface area contributed by atoms with Crippen LogP contribution >= 0.6 is 11.3 Å². The summed E-state index contributed by atoms with van der Waals surface area (Å²) in [4.78, 5) is 39.2. The van der Waals surface area contributed by atoms with Gasteiger partial charge in [-0.25, -0.2) is 4.79 Å². The van der Waals surface area contributed by atoms with Gasteiger partial charge in [-0.1, -0.05) is 18.2 Å². The highest BCUT2D eigenvalue weighted by Crippen LogP contribution is 2.37. The van der Waals surface area contributed by atoms with E-state index in [2.05, 4.69) is 5.32 Å². The molecule has 9 heteroatoms. The van der Waals surface area contributed by atoms with Crippen LogP contribution in [0, 0.1) is 0 Å². The van der Waals surface area contributed by atoms with Crippen LogP contribution in [0.15, 0.2) is 34.7 Å². The highest BCUT2D eigenvalue weighted by molar-refractivity contribution is 7.17. The summed E-state index contributed by atoms with van der Waals surface area (Å²) in [6, 6.07) is 8.94. The van der Waals surface area contributed by atoms with E-state index < -0.39 is 17.9 Å². The number of thiophene rings is 1. The number of para-hydroxylation sites is 1. The van der Waals surface area contributed by atoms with Crippen molar-refractivity contribution < 1.29 is 23.5 Å². The standard InChI is InChI=1S/C20H19N3O5S/c1-2-27-20(26)23-8-7-12-15(10-23)29-19(16(12)17(21)24)22-18(25)14-9-11-5-3-4-6-13(11)28-14/h3-6,9H,2,7-8,10H2,1H3,(H2,21,24)(H,22,25). The number of benzene rings is 1. The average molecular weight is 413 g/mol. The summed E-state index contributed by atoms with van der Waals surface area (Å²) in [5.41, 5.74) is 7.25. The lowest BCUT2D eigenvalue weighted by Gasteiger charge is -2.26. The Kier molecular flexibility index (Phi) is 4.98. The molecule has 3 amide bonds. The number of amides is 3. The van der Waals surface area contributed by atoms with Gasteiger partial charge in [-0.15, -0.1) is 11.3 Å². The molecule has 3 aromatic rings. The second kappa shape index (κ2) is 7.59. The maximum atomic E-state index is 12.7. The Bertz CT molecular complexity index is 1080. The minimum atomic E-state index is -0.619. The topological polar surface area (TPSA) is 115 Å². The number of rotatable bonds is 4. The van der Waals surface area contributed by atoms with Gasteiger partial charge in [0.2, 0.25) is 0 Å². The zero-order valence-electron chi connectivity index (χ0n) is 15.7. The summed E-state index contributed by atoms with van der Waals surface area (Å²) < 4.78 is 10.6. The van der Waals surface area contributed by atoms with Crippen LogP contribution < -0.4 is 11.1 Å². The number of ether oxygens (including phenoxy) is 1. The second-order valence-corrected chi connectivity index (χ2v) is 7.65. The minimum absolute atomic E-state index is 0.140. The molecule has 150 valence electrons. The number of anilines is 1. The Morgan fingerprint density at radius 2 is 2.10 bits per heavy atom. The van der Waals surface area contributed by atoms with Gasteiger partial charge in [-0.3, -0.25) is 9.59 Å². The van der Waals surface area contributed by atoms with E-state index in [0.717, 1.165) is 15.8 Å². The van der Waals surface area contributed by atoms with Crippen molar-refractivity contribution in [2.75, 3.05) is 18.5 Å². The molecule has 1 aromatic carbocycles. The van der Waals surface area contributed by atoms with E-state index in [9.17, 15) is 14.4 Å². The Morgan fingerprint density at radius 1 is 1.31 bits per heavy atom. The van der Waals surface area contributed by atoms with Crippen molar-refractivity contribution >= 4 is 45.2 Å². The molecule has 2 aromatic heterocycles. The molecule has 0 aliphatic carbocycles. The van der Waals surface area contributed by atoms with E-state index >= 15 is 0 Å². The van der Waals surface area contributed by atoms with Gasteiger partial charge in [0.05, 0.1) is 18.7 Å². The number of carbonyl (C=O) groups is 3. The Labute approximate surface area is 170 Å². The molecule has 0 bridgehead atoms. The molecule has 3 N–H and O–H groups in total. The molecule has 0 radical (unpaired) electrons. The van der Waals surface area contributed by atoms with Crippen molar-refractivity contribution in [3.8, 4) is 0 Å². The van der Waals surface area contributed by atoms with Gasteiger partial charge >= 0.3 is 6.09 Å². The van der Waals surface area contributed by atoms with E-state index in [1.165, 1.54) is 11.3 Å². The molecule has 0 spiro atoms. The zero-order chi connectivity index (χ0) is 20.5. The lowest BCUT2D eigenvalue weighted by molar-refractivity contribution is 0.0995. The zero-order valence-corrected chi connectivity index (χ0v) is 16.5. The van der Waals surface area contributed by atoms with Crippen LogP contribution in [0.25, 0.3) is 11.0 Å². The molecule has 0 atom stereocenters. The Hall–Kier alpha value is -3.33. The summed E-state index contributed by atoms with van der Waals surface area (Å²) >= 11 is 1.24. The smallest absolute Gasteiger partial charge is 0.410 e. The van der Waals surface area contributed by atoms with Crippen molar-refractivity contribution in [1.82, 2.24) is 4.90 Å². The molecule has 0 saturated carbocycles.